The maximum atomic E-state index is 12.6. The zero-order valence-electron chi connectivity index (χ0n) is 19.0. The summed E-state index contributed by atoms with van der Waals surface area (Å²) in [5.74, 6) is -0.557. The van der Waals surface area contributed by atoms with E-state index in [2.05, 4.69) is 10.6 Å². The summed E-state index contributed by atoms with van der Waals surface area (Å²) in [6.07, 6.45) is 1.92. The van der Waals surface area contributed by atoms with Crippen LogP contribution in [-0.4, -0.2) is 28.1 Å². The summed E-state index contributed by atoms with van der Waals surface area (Å²) in [5, 5.41) is 12.4. The molecule has 0 radical (unpaired) electrons. The Balaban J connectivity index is 1.25. The van der Waals surface area contributed by atoms with E-state index in [1.54, 1.807) is 6.07 Å². The number of carbonyl (C=O) groups is 2. The third kappa shape index (κ3) is 5.12. The van der Waals surface area contributed by atoms with Gasteiger partial charge in [0.25, 0.3) is 5.91 Å². The minimum absolute atomic E-state index is 0.112. The summed E-state index contributed by atoms with van der Waals surface area (Å²) in [6.45, 7) is 0.181. The predicted molar refractivity (Wildman–Crippen MR) is 137 cm³/mol. The van der Waals surface area contributed by atoms with Crippen LogP contribution >= 0.6 is 0 Å². The summed E-state index contributed by atoms with van der Waals surface area (Å²) in [5.41, 5.74) is 4.11. The number of hydrogen-bond acceptors (Lipinski definition) is 3. The number of para-hydroxylation sites is 1. The van der Waals surface area contributed by atoms with Gasteiger partial charge in [0.05, 0.1) is 17.9 Å². The molecule has 6 nitrogen and oxygen atoms in total. The van der Waals surface area contributed by atoms with Crippen LogP contribution in [0.3, 0.4) is 0 Å². The van der Waals surface area contributed by atoms with Crippen LogP contribution in [0.4, 0.5) is 0 Å². The van der Waals surface area contributed by atoms with Gasteiger partial charge in [-0.1, -0.05) is 78.9 Å². The van der Waals surface area contributed by atoms with Crippen molar-refractivity contribution in [3.8, 4) is 16.9 Å². The monoisotopic (exact) mass is 460 g/mol. The van der Waals surface area contributed by atoms with E-state index in [1.807, 2.05) is 108 Å². The summed E-state index contributed by atoms with van der Waals surface area (Å²) < 4.78 is 1.81. The molecule has 0 atom stereocenters. The molecule has 2 amide bonds. The van der Waals surface area contributed by atoms with Gasteiger partial charge < -0.3 is 10.6 Å². The van der Waals surface area contributed by atoms with Gasteiger partial charge in [-0.25, -0.2) is 4.68 Å². The molecule has 1 heterocycles. The van der Waals surface area contributed by atoms with Gasteiger partial charge in [0.15, 0.2) is 0 Å². The van der Waals surface area contributed by atoms with Crippen LogP contribution in [0.15, 0.2) is 109 Å². The van der Waals surface area contributed by atoms with Crippen molar-refractivity contribution in [2.24, 2.45) is 0 Å². The first kappa shape index (κ1) is 22.1. The van der Waals surface area contributed by atoms with Gasteiger partial charge in [0.2, 0.25) is 5.91 Å². The minimum atomic E-state index is -0.284. The Labute approximate surface area is 203 Å². The van der Waals surface area contributed by atoms with E-state index in [1.165, 1.54) is 0 Å². The van der Waals surface area contributed by atoms with Crippen LogP contribution in [0.25, 0.3) is 27.7 Å². The highest BCUT2D eigenvalue weighted by Crippen LogP contribution is 2.23. The maximum Gasteiger partial charge on any atom is 0.251 e. The number of hydrogen-bond donors (Lipinski definition) is 2. The van der Waals surface area contributed by atoms with Crippen molar-refractivity contribution in [2.45, 2.75) is 6.54 Å². The molecule has 5 rings (SSSR count). The predicted octanol–water partition coefficient (Wildman–Crippen LogP) is 4.74. The van der Waals surface area contributed by atoms with Gasteiger partial charge in [-0.2, -0.15) is 5.10 Å². The summed E-state index contributed by atoms with van der Waals surface area (Å²) in [4.78, 5) is 25.1. The second-order valence-corrected chi connectivity index (χ2v) is 8.17. The Kier molecular flexibility index (Phi) is 6.35. The van der Waals surface area contributed by atoms with Crippen LogP contribution in [0.2, 0.25) is 0 Å². The fourth-order valence-electron chi connectivity index (χ4n) is 3.94. The molecule has 6 heteroatoms. The molecule has 0 saturated heterocycles. The van der Waals surface area contributed by atoms with E-state index < -0.39 is 0 Å². The molecular formula is C29H24N4O2. The van der Waals surface area contributed by atoms with Gasteiger partial charge in [0, 0.05) is 29.4 Å². The van der Waals surface area contributed by atoms with E-state index >= 15 is 0 Å². The highest BCUT2D eigenvalue weighted by Gasteiger charge is 2.14. The van der Waals surface area contributed by atoms with E-state index in [0.29, 0.717) is 12.1 Å². The number of nitrogens with one attached hydrogen (secondary N) is 2. The quantitative estimate of drug-likeness (QED) is 0.368. The largest absolute Gasteiger partial charge is 0.350 e. The third-order valence-corrected chi connectivity index (χ3v) is 5.76. The van der Waals surface area contributed by atoms with Crippen LogP contribution in [0, 0.1) is 0 Å². The van der Waals surface area contributed by atoms with Crippen molar-refractivity contribution < 1.29 is 9.59 Å². The normalized spacial score (nSPS) is 10.7. The number of fused-ring (bicyclic) bond motifs is 1. The lowest BCUT2D eigenvalue weighted by Crippen LogP contribution is -2.36. The number of carbonyl (C=O) groups excluding carboxylic acids is 2. The third-order valence-electron chi connectivity index (χ3n) is 5.76. The Morgan fingerprint density at radius 2 is 1.43 bits per heavy atom. The molecule has 172 valence electrons. The Morgan fingerprint density at radius 3 is 2.20 bits per heavy atom. The molecule has 0 aliphatic rings. The number of benzene rings is 4. The molecule has 0 spiro atoms. The van der Waals surface area contributed by atoms with E-state index in [9.17, 15) is 9.59 Å². The van der Waals surface area contributed by atoms with E-state index in [4.69, 9.17) is 5.10 Å². The molecule has 5 aromatic rings. The second kappa shape index (κ2) is 10.1. The first-order chi connectivity index (χ1) is 17.2. The highest BCUT2D eigenvalue weighted by atomic mass is 16.2. The van der Waals surface area contributed by atoms with Gasteiger partial charge in [-0.05, 0) is 35.0 Å². The molecular weight excluding hydrogens is 436 g/mol. The standard InChI is InChI=1S/C29H24N4O2/c34-27(19-31-29(35)24-16-15-21-9-7-8-12-23(21)17-24)30-18-25-20-33(26-13-5-2-6-14-26)32-28(25)22-10-3-1-4-11-22/h1-17,20H,18-19H2,(H,30,34)(H,31,35). The van der Waals surface area contributed by atoms with E-state index in [-0.39, 0.29) is 18.4 Å². The molecule has 0 unspecified atom stereocenters. The van der Waals surface area contributed by atoms with Crippen LogP contribution in [-0.2, 0) is 11.3 Å². The molecule has 0 bridgehead atoms. The number of amides is 2. The fraction of sp³-hybridized carbons (Fsp3) is 0.0690. The second-order valence-electron chi connectivity index (χ2n) is 8.17. The van der Waals surface area contributed by atoms with Crippen LogP contribution in [0.1, 0.15) is 15.9 Å². The summed E-state index contributed by atoms with van der Waals surface area (Å²) >= 11 is 0. The Hall–Kier alpha value is -4.71. The first-order valence-corrected chi connectivity index (χ1v) is 11.4. The Bertz CT molecular complexity index is 1480. The lowest BCUT2D eigenvalue weighted by atomic mass is 10.1. The molecule has 1 aromatic heterocycles. The fourth-order valence-corrected chi connectivity index (χ4v) is 3.94. The van der Waals surface area contributed by atoms with Gasteiger partial charge in [-0.3, -0.25) is 9.59 Å². The average Bonchev–Trinajstić information content (AvgIpc) is 3.35. The number of nitrogens with zero attached hydrogens (tertiary/aromatic N) is 2. The number of rotatable bonds is 7. The molecule has 0 fully saturated rings. The first-order valence-electron chi connectivity index (χ1n) is 11.4. The molecule has 0 saturated carbocycles. The summed E-state index contributed by atoms with van der Waals surface area (Å²) in [7, 11) is 0. The zero-order chi connectivity index (χ0) is 24.0. The van der Waals surface area contributed by atoms with Crippen molar-refractivity contribution in [2.75, 3.05) is 6.54 Å². The molecule has 0 aliphatic heterocycles. The topological polar surface area (TPSA) is 76.0 Å². The van der Waals surface area contributed by atoms with Crippen molar-refractivity contribution in [3.05, 3.63) is 120 Å². The number of aromatic nitrogens is 2. The minimum Gasteiger partial charge on any atom is -0.350 e. The van der Waals surface area contributed by atoms with Crippen molar-refractivity contribution in [1.82, 2.24) is 20.4 Å². The zero-order valence-corrected chi connectivity index (χ0v) is 19.0. The SMILES string of the molecule is O=C(CNC(=O)c1ccc2ccccc2c1)NCc1cn(-c2ccccc2)nc1-c1ccccc1. The van der Waals surface area contributed by atoms with Crippen molar-refractivity contribution in [1.29, 1.82) is 0 Å². The van der Waals surface area contributed by atoms with E-state index in [0.717, 1.165) is 33.3 Å². The molecule has 2 N–H and O–H groups in total. The van der Waals surface area contributed by atoms with Crippen LogP contribution < -0.4 is 10.6 Å². The van der Waals surface area contributed by atoms with Crippen molar-refractivity contribution in [3.63, 3.8) is 0 Å². The van der Waals surface area contributed by atoms with Crippen molar-refractivity contribution >= 4 is 22.6 Å². The van der Waals surface area contributed by atoms with Crippen LogP contribution in [0.5, 0.6) is 0 Å². The maximum absolute atomic E-state index is 12.6. The Morgan fingerprint density at radius 1 is 0.743 bits per heavy atom. The summed E-state index contributed by atoms with van der Waals surface area (Å²) in [6, 6.07) is 33.0. The molecule has 0 aliphatic carbocycles. The average molecular weight is 461 g/mol. The van der Waals surface area contributed by atoms with Gasteiger partial charge in [-0.15, -0.1) is 0 Å². The smallest absolute Gasteiger partial charge is 0.251 e. The van der Waals surface area contributed by atoms with Gasteiger partial charge in [0.1, 0.15) is 0 Å². The lowest BCUT2D eigenvalue weighted by Gasteiger charge is -2.08. The molecule has 35 heavy (non-hydrogen) atoms. The molecule has 4 aromatic carbocycles. The van der Waals surface area contributed by atoms with Gasteiger partial charge >= 0.3 is 0 Å². The lowest BCUT2D eigenvalue weighted by molar-refractivity contribution is -0.120. The highest BCUT2D eigenvalue weighted by molar-refractivity contribution is 6.00.